The fraction of sp³-hybridized carbons (Fsp3) is 0.0870. The van der Waals surface area contributed by atoms with Gasteiger partial charge in [0.25, 0.3) is 0 Å². The first-order chi connectivity index (χ1) is 14.4. The first-order valence-electron chi connectivity index (χ1n) is 9.17. The lowest BCUT2D eigenvalue weighted by molar-refractivity contribution is 0.407. The number of aryl methyl sites for hydroxylation is 2. The quantitative estimate of drug-likeness (QED) is 0.198. The Morgan fingerprint density at radius 1 is 0.733 bits per heavy atom. The molecular weight excluding hydrogens is 411 g/mol. The van der Waals surface area contributed by atoms with Crippen LogP contribution in [0.5, 0.6) is 0 Å². The normalized spacial score (nSPS) is 11.3. The van der Waals surface area contributed by atoms with Crippen LogP contribution in [0.15, 0.2) is 67.0 Å². The van der Waals surface area contributed by atoms with Crippen molar-refractivity contribution in [3.05, 3.63) is 101 Å². The lowest BCUT2D eigenvalue weighted by Crippen LogP contribution is -2.28. The second kappa shape index (κ2) is 8.04. The Morgan fingerprint density at radius 3 is 1.80 bits per heavy atom. The van der Waals surface area contributed by atoms with Gasteiger partial charge in [-0.1, -0.05) is 59.7 Å². The van der Waals surface area contributed by atoms with Crippen LogP contribution in [0.1, 0.15) is 11.1 Å². The largest absolute Gasteiger partial charge is 0.296 e. The van der Waals surface area contributed by atoms with Crippen molar-refractivity contribution in [3.63, 3.8) is 0 Å². The summed E-state index contributed by atoms with van der Waals surface area (Å²) in [7, 11) is -1.27. The summed E-state index contributed by atoms with van der Waals surface area (Å²) in [6.07, 6.45) is 2.86. The third-order valence-corrected chi connectivity index (χ3v) is 7.11. The molecule has 1 heterocycles. The highest BCUT2D eigenvalue weighted by atomic mass is 31.1. The average Bonchev–Trinajstić information content (AvgIpc) is 3.21. The maximum Gasteiger partial charge on any atom is 0.199 e. The molecule has 0 radical (unpaired) electrons. The fourth-order valence-corrected chi connectivity index (χ4v) is 5.38. The number of nitrogens with zero attached hydrogens (tertiary/aromatic N) is 2. The van der Waals surface area contributed by atoms with Crippen LogP contribution in [0, 0.1) is 37.1 Å². The Kier molecular flexibility index (Phi) is 5.44. The second-order valence-electron chi connectivity index (χ2n) is 6.92. The summed E-state index contributed by atoms with van der Waals surface area (Å²) in [6, 6.07) is 16.3. The van der Waals surface area contributed by atoms with Gasteiger partial charge >= 0.3 is 0 Å². The van der Waals surface area contributed by atoms with E-state index in [0.29, 0.717) is 11.6 Å². The standard InChI is InChI=1S/C23H17F4N2P/c1-14-3-7-16(8-4-14)30(17-9-5-15(2)6-10-17)23-28-11-12-29(23)19-13-18(24)20(25)22(27)21(19)26/h3-13H,1-2H3. The van der Waals surface area contributed by atoms with Crippen molar-refractivity contribution in [1.82, 2.24) is 9.55 Å². The van der Waals surface area contributed by atoms with E-state index in [9.17, 15) is 17.6 Å². The highest BCUT2D eigenvalue weighted by molar-refractivity contribution is 7.79. The molecule has 4 rings (SSSR count). The van der Waals surface area contributed by atoms with E-state index in [1.165, 1.54) is 17.0 Å². The van der Waals surface area contributed by atoms with Crippen LogP contribution in [-0.4, -0.2) is 9.55 Å². The van der Waals surface area contributed by atoms with Crippen LogP contribution < -0.4 is 16.2 Å². The molecule has 0 N–H and O–H groups in total. The van der Waals surface area contributed by atoms with Gasteiger partial charge in [0.1, 0.15) is 5.57 Å². The van der Waals surface area contributed by atoms with Gasteiger partial charge < -0.3 is 0 Å². The number of hydrogen-bond acceptors (Lipinski definition) is 1. The van der Waals surface area contributed by atoms with Crippen LogP contribution in [0.4, 0.5) is 17.6 Å². The molecule has 0 saturated heterocycles. The van der Waals surface area contributed by atoms with Gasteiger partial charge in [-0.3, -0.25) is 4.57 Å². The minimum absolute atomic E-state index is 0.419. The van der Waals surface area contributed by atoms with Gasteiger partial charge in [-0.2, -0.15) is 0 Å². The molecule has 0 unspecified atom stereocenters. The summed E-state index contributed by atoms with van der Waals surface area (Å²) in [5.74, 6) is -6.61. The van der Waals surface area contributed by atoms with Gasteiger partial charge in [0.05, 0.1) is 5.69 Å². The molecular formula is C23H17F4N2P. The lowest BCUT2D eigenvalue weighted by Gasteiger charge is -2.20. The Labute approximate surface area is 172 Å². The summed E-state index contributed by atoms with van der Waals surface area (Å²) < 4.78 is 57.1. The molecule has 0 aliphatic carbocycles. The minimum Gasteiger partial charge on any atom is -0.296 e. The molecule has 0 atom stereocenters. The zero-order chi connectivity index (χ0) is 21.4. The minimum atomic E-state index is -1.85. The fourth-order valence-electron chi connectivity index (χ4n) is 3.15. The summed E-state index contributed by atoms with van der Waals surface area (Å²) >= 11 is 0. The molecule has 0 saturated carbocycles. The molecule has 4 aromatic rings. The molecule has 0 aliphatic heterocycles. The predicted octanol–water partition coefficient (Wildman–Crippen LogP) is 4.80. The van der Waals surface area contributed by atoms with Crippen molar-refractivity contribution < 1.29 is 17.6 Å². The molecule has 0 spiro atoms. The smallest absolute Gasteiger partial charge is 0.199 e. The number of benzene rings is 3. The summed E-state index contributed by atoms with van der Waals surface area (Å²) in [5.41, 5.74) is 2.15. The van der Waals surface area contributed by atoms with Gasteiger partial charge in [-0.25, -0.2) is 22.5 Å². The van der Waals surface area contributed by atoms with E-state index in [2.05, 4.69) is 4.98 Å². The van der Waals surface area contributed by atoms with Crippen molar-refractivity contribution in [2.75, 3.05) is 0 Å². The SMILES string of the molecule is Cc1ccc(P(c2ccc(C)cc2)c2nccn2-c2cc(F)c(F)c(F)c2F)cc1. The summed E-state index contributed by atoms with van der Waals surface area (Å²) in [5, 5.41) is 1.88. The molecule has 0 aliphatic rings. The molecule has 152 valence electrons. The van der Waals surface area contributed by atoms with Crippen molar-refractivity contribution in [2.24, 2.45) is 0 Å². The van der Waals surface area contributed by atoms with Gasteiger partial charge in [-0.05, 0) is 24.5 Å². The van der Waals surface area contributed by atoms with E-state index in [-0.39, 0.29) is 0 Å². The van der Waals surface area contributed by atoms with Crippen LogP contribution in [0.2, 0.25) is 0 Å². The highest BCUT2D eigenvalue weighted by Crippen LogP contribution is 2.34. The molecule has 7 heteroatoms. The predicted molar refractivity (Wildman–Crippen MR) is 112 cm³/mol. The topological polar surface area (TPSA) is 17.8 Å². The summed E-state index contributed by atoms with van der Waals surface area (Å²) in [6.45, 7) is 3.94. The monoisotopic (exact) mass is 428 g/mol. The number of aromatic nitrogens is 2. The first-order valence-corrected chi connectivity index (χ1v) is 10.5. The maximum atomic E-state index is 14.5. The summed E-state index contributed by atoms with van der Waals surface area (Å²) in [4.78, 5) is 4.40. The van der Waals surface area contributed by atoms with E-state index in [4.69, 9.17) is 0 Å². The molecule has 0 bridgehead atoms. The van der Waals surface area contributed by atoms with Gasteiger partial charge in [-0.15, -0.1) is 0 Å². The zero-order valence-electron chi connectivity index (χ0n) is 16.2. The van der Waals surface area contributed by atoms with E-state index < -0.39 is 36.9 Å². The first kappa shape index (κ1) is 20.3. The van der Waals surface area contributed by atoms with Crippen LogP contribution in [0.25, 0.3) is 5.69 Å². The van der Waals surface area contributed by atoms with Gasteiger partial charge in [0, 0.05) is 26.4 Å². The lowest BCUT2D eigenvalue weighted by atomic mass is 10.2. The Bertz CT molecular complexity index is 1160. The molecule has 0 fully saturated rings. The van der Waals surface area contributed by atoms with E-state index in [0.717, 1.165) is 21.7 Å². The Morgan fingerprint density at radius 2 is 1.27 bits per heavy atom. The van der Waals surface area contributed by atoms with E-state index in [1.807, 2.05) is 62.4 Å². The molecule has 30 heavy (non-hydrogen) atoms. The average molecular weight is 428 g/mol. The number of hydrogen-bond donors (Lipinski definition) is 0. The third kappa shape index (κ3) is 3.63. The Balaban J connectivity index is 1.94. The van der Waals surface area contributed by atoms with Crippen molar-refractivity contribution in [2.45, 2.75) is 13.8 Å². The third-order valence-electron chi connectivity index (χ3n) is 4.75. The highest BCUT2D eigenvalue weighted by Gasteiger charge is 2.26. The molecule has 0 amide bonds. The number of imidazole rings is 1. The van der Waals surface area contributed by atoms with E-state index in [1.54, 1.807) is 0 Å². The molecule has 2 nitrogen and oxygen atoms in total. The van der Waals surface area contributed by atoms with Crippen LogP contribution in [0.3, 0.4) is 0 Å². The van der Waals surface area contributed by atoms with Crippen molar-refractivity contribution in [3.8, 4) is 5.69 Å². The van der Waals surface area contributed by atoms with Crippen molar-refractivity contribution in [1.29, 1.82) is 0 Å². The zero-order valence-corrected chi connectivity index (χ0v) is 17.1. The molecule has 3 aromatic carbocycles. The number of halogens is 4. The van der Waals surface area contributed by atoms with Crippen LogP contribution >= 0.6 is 7.92 Å². The molecule has 1 aromatic heterocycles. The van der Waals surface area contributed by atoms with Crippen molar-refractivity contribution >= 4 is 24.1 Å². The van der Waals surface area contributed by atoms with Gasteiger partial charge in [0.2, 0.25) is 0 Å². The van der Waals surface area contributed by atoms with Gasteiger partial charge in [0.15, 0.2) is 23.3 Å². The van der Waals surface area contributed by atoms with Crippen LogP contribution in [-0.2, 0) is 0 Å². The number of rotatable bonds is 4. The Hall–Kier alpha value is -2.98. The maximum absolute atomic E-state index is 14.5. The van der Waals surface area contributed by atoms with E-state index >= 15 is 0 Å². The second-order valence-corrected chi connectivity index (χ2v) is 9.03.